The van der Waals surface area contributed by atoms with Crippen molar-refractivity contribution in [2.45, 2.75) is 13.8 Å². The van der Waals surface area contributed by atoms with Gasteiger partial charge in [-0.2, -0.15) is 4.98 Å². The molecule has 1 aromatic heterocycles. The van der Waals surface area contributed by atoms with Crippen molar-refractivity contribution >= 4 is 11.6 Å². The Labute approximate surface area is 208 Å². The maximum absolute atomic E-state index is 13.5. The van der Waals surface area contributed by atoms with Crippen LogP contribution in [0.2, 0.25) is 0 Å². The molecule has 4 aromatic rings. The Kier molecular flexibility index (Phi) is 7.92. The fourth-order valence-electron chi connectivity index (χ4n) is 3.47. The van der Waals surface area contributed by atoms with Gasteiger partial charge in [0.1, 0.15) is 18.2 Å². The van der Waals surface area contributed by atoms with E-state index in [0.29, 0.717) is 42.5 Å². The summed E-state index contributed by atoms with van der Waals surface area (Å²) in [4.78, 5) is 17.1. The summed E-state index contributed by atoms with van der Waals surface area (Å²) in [5.74, 6) is 0.644. The molecule has 0 aliphatic carbocycles. The molecule has 1 amide bonds. The summed E-state index contributed by atoms with van der Waals surface area (Å²) in [5, 5.41) is 7.36. The Morgan fingerprint density at radius 2 is 1.78 bits per heavy atom. The van der Waals surface area contributed by atoms with E-state index in [0.717, 1.165) is 17.0 Å². The molecule has 9 heteroatoms. The van der Waals surface area contributed by atoms with Crippen LogP contribution < -0.4 is 14.8 Å². The zero-order chi connectivity index (χ0) is 25.5. The van der Waals surface area contributed by atoms with Crippen LogP contribution in [0, 0.1) is 12.7 Å². The zero-order valence-corrected chi connectivity index (χ0v) is 20.3. The number of nitrogens with one attached hydrogen (secondary N) is 1. The first-order chi connectivity index (χ1) is 17.5. The number of halogens is 1. The molecule has 1 N–H and O–H groups in total. The molecular formula is C27H27FN4O4. The topological polar surface area (TPSA) is 87.5 Å². The molecule has 3 aromatic carbocycles. The van der Waals surface area contributed by atoms with Crippen molar-refractivity contribution in [1.82, 2.24) is 14.8 Å². The third-order valence-corrected chi connectivity index (χ3v) is 5.39. The number of rotatable bonds is 10. The highest BCUT2D eigenvalue weighted by atomic mass is 19.1. The van der Waals surface area contributed by atoms with Gasteiger partial charge >= 0.3 is 6.01 Å². The first kappa shape index (κ1) is 24.9. The number of benzene rings is 3. The van der Waals surface area contributed by atoms with E-state index in [2.05, 4.69) is 15.4 Å². The summed E-state index contributed by atoms with van der Waals surface area (Å²) in [6.45, 7) is 4.90. The van der Waals surface area contributed by atoms with Gasteiger partial charge in [-0.1, -0.05) is 0 Å². The van der Waals surface area contributed by atoms with Gasteiger partial charge in [-0.25, -0.2) is 9.07 Å². The van der Waals surface area contributed by atoms with Gasteiger partial charge in [-0.15, -0.1) is 5.10 Å². The van der Waals surface area contributed by atoms with Gasteiger partial charge in [0, 0.05) is 23.4 Å². The van der Waals surface area contributed by atoms with Gasteiger partial charge in [-0.3, -0.25) is 4.79 Å². The number of amides is 1. The molecule has 1 heterocycles. The smallest absolute Gasteiger partial charge is 0.336 e. The van der Waals surface area contributed by atoms with E-state index in [1.807, 2.05) is 43.3 Å². The SMILES string of the molecule is CCOCCOc1nc(-c2ccc(OC)cc2)n(-c2ccc(NC(=O)c3ccc(F)c(C)c3)cc2)n1. The number of aryl methyl sites for hydroxylation is 1. The number of nitrogens with zero attached hydrogens (tertiary/aromatic N) is 3. The summed E-state index contributed by atoms with van der Waals surface area (Å²) in [6.07, 6.45) is 0. The number of carbonyl (C=O) groups is 1. The molecule has 186 valence electrons. The van der Waals surface area contributed by atoms with E-state index in [4.69, 9.17) is 14.2 Å². The summed E-state index contributed by atoms with van der Waals surface area (Å²) in [5.41, 5.74) is 2.93. The Hall–Kier alpha value is -4.24. The molecule has 0 radical (unpaired) electrons. The van der Waals surface area contributed by atoms with Crippen LogP contribution in [-0.2, 0) is 4.74 Å². The minimum absolute atomic E-state index is 0.226. The number of anilines is 1. The zero-order valence-electron chi connectivity index (χ0n) is 20.3. The predicted molar refractivity (Wildman–Crippen MR) is 134 cm³/mol. The molecule has 0 saturated carbocycles. The fraction of sp³-hybridized carbons (Fsp3) is 0.222. The van der Waals surface area contributed by atoms with Crippen molar-refractivity contribution in [3.8, 4) is 28.8 Å². The van der Waals surface area contributed by atoms with Crippen molar-refractivity contribution in [2.24, 2.45) is 0 Å². The minimum atomic E-state index is -0.349. The van der Waals surface area contributed by atoms with Crippen molar-refractivity contribution in [3.05, 3.63) is 83.7 Å². The maximum atomic E-state index is 13.5. The lowest BCUT2D eigenvalue weighted by molar-refractivity contribution is 0.102. The second-order valence-corrected chi connectivity index (χ2v) is 7.87. The first-order valence-electron chi connectivity index (χ1n) is 11.5. The Morgan fingerprint density at radius 1 is 1.03 bits per heavy atom. The van der Waals surface area contributed by atoms with E-state index in [9.17, 15) is 9.18 Å². The molecule has 0 saturated heterocycles. The molecule has 0 fully saturated rings. The van der Waals surface area contributed by atoms with Crippen LogP contribution in [0.3, 0.4) is 0 Å². The van der Waals surface area contributed by atoms with Crippen molar-refractivity contribution in [3.63, 3.8) is 0 Å². The second kappa shape index (κ2) is 11.5. The molecule has 0 atom stereocenters. The van der Waals surface area contributed by atoms with Crippen LogP contribution in [0.5, 0.6) is 11.8 Å². The predicted octanol–water partition coefficient (Wildman–Crippen LogP) is 5.06. The lowest BCUT2D eigenvalue weighted by Gasteiger charge is -2.09. The van der Waals surface area contributed by atoms with Crippen LogP contribution in [0.4, 0.5) is 10.1 Å². The van der Waals surface area contributed by atoms with Crippen LogP contribution in [0.15, 0.2) is 66.7 Å². The van der Waals surface area contributed by atoms with Gasteiger partial charge in [0.2, 0.25) is 0 Å². The van der Waals surface area contributed by atoms with Crippen LogP contribution >= 0.6 is 0 Å². The summed E-state index contributed by atoms with van der Waals surface area (Å²) < 4.78 is 31.5. The number of hydrogen-bond donors (Lipinski definition) is 1. The lowest BCUT2D eigenvalue weighted by atomic mass is 10.1. The third-order valence-electron chi connectivity index (χ3n) is 5.39. The van der Waals surface area contributed by atoms with Crippen molar-refractivity contribution in [1.29, 1.82) is 0 Å². The largest absolute Gasteiger partial charge is 0.497 e. The molecule has 0 bridgehead atoms. The lowest BCUT2D eigenvalue weighted by Crippen LogP contribution is -2.12. The van der Waals surface area contributed by atoms with Crippen LogP contribution in [0.25, 0.3) is 17.1 Å². The van der Waals surface area contributed by atoms with E-state index in [1.54, 1.807) is 30.8 Å². The molecule has 0 aliphatic heterocycles. The first-order valence-corrected chi connectivity index (χ1v) is 11.5. The van der Waals surface area contributed by atoms with Gasteiger partial charge in [0.15, 0.2) is 5.82 Å². The standard InChI is InChI=1S/C27H27FN4O4/c1-4-35-15-16-36-27-30-25(19-5-12-23(34-3)13-6-19)32(31-27)22-10-8-21(9-11-22)29-26(33)20-7-14-24(28)18(2)17-20/h5-14,17H,4,15-16H2,1-3H3,(H,29,33). The highest BCUT2D eigenvalue weighted by molar-refractivity contribution is 6.04. The summed E-state index contributed by atoms with van der Waals surface area (Å²) in [7, 11) is 1.61. The highest BCUT2D eigenvalue weighted by Gasteiger charge is 2.16. The fourth-order valence-corrected chi connectivity index (χ4v) is 3.47. The van der Waals surface area contributed by atoms with E-state index < -0.39 is 0 Å². The molecule has 4 rings (SSSR count). The van der Waals surface area contributed by atoms with Gasteiger partial charge in [0.25, 0.3) is 5.91 Å². The van der Waals surface area contributed by atoms with E-state index in [1.165, 1.54) is 18.2 Å². The molecule has 0 spiro atoms. The van der Waals surface area contributed by atoms with Crippen LogP contribution in [-0.4, -0.2) is 47.6 Å². The van der Waals surface area contributed by atoms with Gasteiger partial charge in [-0.05, 0) is 86.1 Å². The number of ether oxygens (including phenoxy) is 3. The van der Waals surface area contributed by atoms with E-state index in [-0.39, 0.29) is 17.7 Å². The monoisotopic (exact) mass is 490 g/mol. The summed E-state index contributed by atoms with van der Waals surface area (Å²) >= 11 is 0. The Bertz CT molecular complexity index is 1320. The van der Waals surface area contributed by atoms with Crippen molar-refractivity contribution < 1.29 is 23.4 Å². The molecule has 36 heavy (non-hydrogen) atoms. The summed E-state index contributed by atoms with van der Waals surface area (Å²) in [6, 6.07) is 19.1. The quantitative estimate of drug-likeness (QED) is 0.313. The maximum Gasteiger partial charge on any atom is 0.336 e. The van der Waals surface area contributed by atoms with Crippen LogP contribution in [0.1, 0.15) is 22.8 Å². The number of carbonyl (C=O) groups excluding carboxylic acids is 1. The Morgan fingerprint density at radius 3 is 2.44 bits per heavy atom. The average molecular weight is 491 g/mol. The highest BCUT2D eigenvalue weighted by Crippen LogP contribution is 2.26. The van der Waals surface area contributed by atoms with Gasteiger partial charge < -0.3 is 19.5 Å². The van der Waals surface area contributed by atoms with Crippen molar-refractivity contribution in [2.75, 3.05) is 32.2 Å². The normalized spacial score (nSPS) is 10.8. The third kappa shape index (κ3) is 5.87. The molecular weight excluding hydrogens is 463 g/mol. The van der Waals surface area contributed by atoms with E-state index >= 15 is 0 Å². The molecule has 8 nitrogen and oxygen atoms in total. The number of aromatic nitrogens is 3. The number of methoxy groups -OCH3 is 1. The Balaban J connectivity index is 1.57. The molecule has 0 aliphatic rings. The molecule has 0 unspecified atom stereocenters. The minimum Gasteiger partial charge on any atom is -0.497 e. The average Bonchev–Trinajstić information content (AvgIpc) is 3.33. The second-order valence-electron chi connectivity index (χ2n) is 7.87. The number of hydrogen-bond acceptors (Lipinski definition) is 6. The van der Waals surface area contributed by atoms with Gasteiger partial charge in [0.05, 0.1) is 19.4 Å².